The van der Waals surface area contributed by atoms with E-state index in [9.17, 15) is 4.79 Å². The van der Waals surface area contributed by atoms with Crippen LogP contribution in [0.4, 0.5) is 0 Å². The van der Waals surface area contributed by atoms with Crippen LogP contribution in [0.3, 0.4) is 0 Å². The molecule has 2 unspecified atom stereocenters. The molecule has 1 aromatic rings. The molecule has 2 aliphatic heterocycles. The standard InChI is InChI=1S/C33H55N3O/c1-5-29(33(37)34(3)4)23-26(2)30-13-11-28(12-14-30)25-36-21-17-32(18-22-36)31-15-19-35(20-16-31)24-27-9-7-6-8-10-27/h11-14,26-27,29,31-32H,5-10,15-25H2,1-4H3. The summed E-state index contributed by atoms with van der Waals surface area (Å²) in [5, 5.41) is 0. The van der Waals surface area contributed by atoms with Crippen molar-refractivity contribution in [2.75, 3.05) is 46.8 Å². The number of carbonyl (C=O) groups is 1. The summed E-state index contributed by atoms with van der Waals surface area (Å²) in [5.41, 5.74) is 2.80. The van der Waals surface area contributed by atoms with Crippen LogP contribution in [-0.4, -0.2) is 67.4 Å². The number of likely N-dealkylation sites (tertiary alicyclic amines) is 2. The normalized spacial score (nSPS) is 23.1. The van der Waals surface area contributed by atoms with Crippen molar-refractivity contribution in [3.8, 4) is 0 Å². The molecule has 0 aromatic heterocycles. The Balaban J connectivity index is 1.16. The molecule has 2 heterocycles. The van der Waals surface area contributed by atoms with Crippen LogP contribution in [0, 0.1) is 23.7 Å². The average Bonchev–Trinajstić information content (AvgIpc) is 2.93. The first kappa shape index (κ1) is 28.6. The van der Waals surface area contributed by atoms with Gasteiger partial charge in [0.25, 0.3) is 0 Å². The smallest absolute Gasteiger partial charge is 0.225 e. The van der Waals surface area contributed by atoms with Crippen LogP contribution < -0.4 is 0 Å². The highest BCUT2D eigenvalue weighted by molar-refractivity contribution is 5.78. The van der Waals surface area contributed by atoms with Crippen molar-refractivity contribution < 1.29 is 4.79 Å². The van der Waals surface area contributed by atoms with Crippen LogP contribution in [0.2, 0.25) is 0 Å². The minimum atomic E-state index is 0.120. The van der Waals surface area contributed by atoms with Crippen LogP contribution in [0.25, 0.3) is 0 Å². The second-order valence-corrected chi connectivity index (χ2v) is 13.0. The van der Waals surface area contributed by atoms with Gasteiger partial charge in [-0.2, -0.15) is 0 Å². The first-order chi connectivity index (χ1) is 17.9. The summed E-state index contributed by atoms with van der Waals surface area (Å²) in [7, 11) is 3.74. The Kier molecular flexibility index (Phi) is 10.9. The molecule has 2 atom stereocenters. The van der Waals surface area contributed by atoms with Gasteiger partial charge in [0.1, 0.15) is 0 Å². The van der Waals surface area contributed by atoms with E-state index in [4.69, 9.17) is 0 Å². The lowest BCUT2D eigenvalue weighted by molar-refractivity contribution is -0.133. The Bertz CT molecular complexity index is 799. The molecule has 2 saturated heterocycles. The molecule has 4 nitrogen and oxygen atoms in total. The molecule has 1 amide bonds. The van der Waals surface area contributed by atoms with Crippen LogP contribution in [0.1, 0.15) is 102 Å². The second-order valence-electron chi connectivity index (χ2n) is 13.0. The molecule has 208 valence electrons. The van der Waals surface area contributed by atoms with Crippen molar-refractivity contribution in [2.24, 2.45) is 23.7 Å². The number of carbonyl (C=O) groups excluding carboxylic acids is 1. The van der Waals surface area contributed by atoms with Crippen LogP contribution in [0.15, 0.2) is 24.3 Å². The maximum absolute atomic E-state index is 12.4. The zero-order chi connectivity index (χ0) is 26.2. The van der Waals surface area contributed by atoms with Gasteiger partial charge in [-0.25, -0.2) is 0 Å². The first-order valence-corrected chi connectivity index (χ1v) is 15.7. The third-order valence-corrected chi connectivity index (χ3v) is 10.0. The maximum Gasteiger partial charge on any atom is 0.225 e. The SMILES string of the molecule is CCC(CC(C)c1ccc(CN2CCC(C3CCN(CC4CCCCC4)CC3)CC2)cc1)C(=O)N(C)C. The fourth-order valence-electron chi connectivity index (χ4n) is 7.50. The fourth-order valence-corrected chi connectivity index (χ4v) is 7.50. The highest BCUT2D eigenvalue weighted by Gasteiger charge is 2.30. The molecule has 1 saturated carbocycles. The molecule has 0 N–H and O–H groups in total. The molecular formula is C33H55N3O. The summed E-state index contributed by atoms with van der Waals surface area (Å²) in [6.45, 7) is 12.1. The molecule has 0 bridgehead atoms. The van der Waals surface area contributed by atoms with Gasteiger partial charge in [0.05, 0.1) is 0 Å². The molecule has 3 aliphatic rings. The summed E-state index contributed by atoms with van der Waals surface area (Å²) >= 11 is 0. The van der Waals surface area contributed by atoms with E-state index in [1.807, 2.05) is 14.1 Å². The molecule has 0 spiro atoms. The van der Waals surface area contributed by atoms with Gasteiger partial charge in [-0.3, -0.25) is 9.69 Å². The first-order valence-electron chi connectivity index (χ1n) is 15.7. The molecular weight excluding hydrogens is 454 g/mol. The zero-order valence-electron chi connectivity index (χ0n) is 24.5. The zero-order valence-corrected chi connectivity index (χ0v) is 24.5. The molecule has 4 rings (SSSR count). The summed E-state index contributed by atoms with van der Waals surface area (Å²) in [6, 6.07) is 9.27. The van der Waals surface area contributed by atoms with E-state index in [1.165, 1.54) is 102 Å². The minimum absolute atomic E-state index is 0.120. The Morgan fingerprint density at radius 2 is 1.43 bits per heavy atom. The van der Waals surface area contributed by atoms with Gasteiger partial charge in [-0.15, -0.1) is 0 Å². The van der Waals surface area contributed by atoms with E-state index in [2.05, 4.69) is 47.9 Å². The predicted molar refractivity (Wildman–Crippen MR) is 156 cm³/mol. The van der Waals surface area contributed by atoms with E-state index in [-0.39, 0.29) is 11.8 Å². The van der Waals surface area contributed by atoms with E-state index in [0.717, 1.165) is 37.1 Å². The monoisotopic (exact) mass is 509 g/mol. The highest BCUT2D eigenvalue weighted by Crippen LogP contribution is 2.34. The largest absolute Gasteiger partial charge is 0.349 e. The summed E-state index contributed by atoms with van der Waals surface area (Å²) in [4.78, 5) is 19.7. The van der Waals surface area contributed by atoms with Crippen molar-refractivity contribution >= 4 is 5.91 Å². The maximum atomic E-state index is 12.4. The molecule has 1 aromatic carbocycles. The van der Waals surface area contributed by atoms with Crippen molar-refractivity contribution in [2.45, 2.75) is 96.9 Å². The van der Waals surface area contributed by atoms with Crippen LogP contribution >= 0.6 is 0 Å². The van der Waals surface area contributed by atoms with Gasteiger partial charge >= 0.3 is 0 Å². The quantitative estimate of drug-likeness (QED) is 0.347. The van der Waals surface area contributed by atoms with Gasteiger partial charge in [0.15, 0.2) is 0 Å². The molecule has 0 radical (unpaired) electrons. The van der Waals surface area contributed by atoms with Gasteiger partial charge in [-0.05, 0) is 112 Å². The van der Waals surface area contributed by atoms with E-state index < -0.39 is 0 Å². The van der Waals surface area contributed by atoms with Gasteiger partial charge < -0.3 is 9.80 Å². The summed E-state index contributed by atoms with van der Waals surface area (Å²) in [5.74, 6) is 3.71. The van der Waals surface area contributed by atoms with Crippen LogP contribution in [-0.2, 0) is 11.3 Å². The number of amides is 1. The van der Waals surface area contributed by atoms with Crippen molar-refractivity contribution in [1.82, 2.24) is 14.7 Å². The van der Waals surface area contributed by atoms with Gasteiger partial charge in [0, 0.05) is 33.1 Å². The molecule has 37 heavy (non-hydrogen) atoms. The predicted octanol–water partition coefficient (Wildman–Crippen LogP) is 6.80. The lowest BCUT2D eigenvalue weighted by Crippen LogP contribution is -2.42. The third kappa shape index (κ3) is 8.30. The number of rotatable bonds is 10. The molecule has 4 heteroatoms. The Labute approximate surface area is 228 Å². The Hall–Kier alpha value is -1.39. The van der Waals surface area contributed by atoms with E-state index >= 15 is 0 Å². The van der Waals surface area contributed by atoms with E-state index in [1.54, 1.807) is 4.90 Å². The van der Waals surface area contributed by atoms with E-state index in [0.29, 0.717) is 5.92 Å². The number of benzene rings is 1. The highest BCUT2D eigenvalue weighted by atomic mass is 16.2. The fraction of sp³-hybridized carbons (Fsp3) is 0.788. The minimum Gasteiger partial charge on any atom is -0.349 e. The lowest BCUT2D eigenvalue weighted by Gasteiger charge is -2.41. The van der Waals surface area contributed by atoms with Crippen LogP contribution in [0.5, 0.6) is 0 Å². The summed E-state index contributed by atoms with van der Waals surface area (Å²) in [6.07, 6.45) is 14.9. The van der Waals surface area contributed by atoms with Crippen molar-refractivity contribution in [3.63, 3.8) is 0 Å². The second kappa shape index (κ2) is 14.1. The number of piperidine rings is 2. The lowest BCUT2D eigenvalue weighted by atomic mass is 9.78. The Morgan fingerprint density at radius 1 is 0.865 bits per heavy atom. The molecule has 1 aliphatic carbocycles. The number of hydrogen-bond donors (Lipinski definition) is 0. The Morgan fingerprint density at radius 3 is 1.97 bits per heavy atom. The summed E-state index contributed by atoms with van der Waals surface area (Å²) < 4.78 is 0. The topological polar surface area (TPSA) is 26.8 Å². The number of hydrogen-bond acceptors (Lipinski definition) is 3. The third-order valence-electron chi connectivity index (χ3n) is 10.0. The van der Waals surface area contributed by atoms with Gasteiger partial charge in [-0.1, -0.05) is 57.4 Å². The average molecular weight is 510 g/mol. The van der Waals surface area contributed by atoms with Crippen molar-refractivity contribution in [1.29, 1.82) is 0 Å². The number of nitrogens with zero attached hydrogens (tertiary/aromatic N) is 3. The molecule has 3 fully saturated rings. The van der Waals surface area contributed by atoms with Gasteiger partial charge in [0.2, 0.25) is 5.91 Å². The van der Waals surface area contributed by atoms with Crippen molar-refractivity contribution in [3.05, 3.63) is 35.4 Å².